The summed E-state index contributed by atoms with van der Waals surface area (Å²) in [6.07, 6.45) is -0.584. The van der Waals surface area contributed by atoms with Gasteiger partial charge in [0.15, 0.2) is 0 Å². The summed E-state index contributed by atoms with van der Waals surface area (Å²) in [5.74, 6) is 0.529. The smallest absolute Gasteiger partial charge is 0.138 e. The number of halogens is 3. The zero-order chi connectivity index (χ0) is 18.5. The van der Waals surface area contributed by atoms with Crippen LogP contribution < -0.4 is 9.64 Å². The number of hydrogen-bond donors (Lipinski definition) is 1. The summed E-state index contributed by atoms with van der Waals surface area (Å²) < 4.78 is 5.61. The molecule has 0 aromatic heterocycles. The van der Waals surface area contributed by atoms with Crippen molar-refractivity contribution in [3.8, 4) is 5.75 Å². The Morgan fingerprint density at radius 1 is 0.962 bits per heavy atom. The molecule has 2 aromatic rings. The quantitative estimate of drug-likeness (QED) is 0.767. The third-order valence-electron chi connectivity index (χ3n) is 4.34. The van der Waals surface area contributed by atoms with Gasteiger partial charge >= 0.3 is 0 Å². The first-order valence-electron chi connectivity index (χ1n) is 8.50. The third kappa shape index (κ3) is 5.41. The molecule has 2 aromatic carbocycles. The lowest BCUT2D eigenvalue weighted by Crippen LogP contribution is -2.49. The first kappa shape index (κ1) is 19.6. The molecule has 26 heavy (non-hydrogen) atoms. The molecule has 0 spiro atoms. The number of aliphatic hydroxyl groups excluding tert-OH is 1. The Morgan fingerprint density at radius 3 is 2.38 bits per heavy atom. The molecular weight excluding hydrogens is 395 g/mol. The molecule has 7 heteroatoms. The summed E-state index contributed by atoms with van der Waals surface area (Å²) >= 11 is 18.0. The van der Waals surface area contributed by atoms with E-state index in [4.69, 9.17) is 39.5 Å². The summed E-state index contributed by atoms with van der Waals surface area (Å²) in [5.41, 5.74) is 1.14. The first-order chi connectivity index (χ1) is 12.5. The van der Waals surface area contributed by atoms with Gasteiger partial charge in [0, 0.05) is 48.5 Å². The van der Waals surface area contributed by atoms with Gasteiger partial charge < -0.3 is 14.7 Å². The predicted molar refractivity (Wildman–Crippen MR) is 108 cm³/mol. The third-order valence-corrected chi connectivity index (χ3v) is 5.11. The Labute approximate surface area is 168 Å². The summed E-state index contributed by atoms with van der Waals surface area (Å²) in [4.78, 5) is 4.54. The van der Waals surface area contributed by atoms with Crippen molar-refractivity contribution in [3.63, 3.8) is 0 Å². The fourth-order valence-electron chi connectivity index (χ4n) is 2.99. The van der Waals surface area contributed by atoms with Gasteiger partial charge in [-0.2, -0.15) is 0 Å². The average molecular weight is 416 g/mol. The van der Waals surface area contributed by atoms with E-state index < -0.39 is 6.10 Å². The highest BCUT2D eigenvalue weighted by Gasteiger charge is 2.20. The maximum atomic E-state index is 10.3. The van der Waals surface area contributed by atoms with E-state index >= 15 is 0 Å². The molecule has 1 aliphatic heterocycles. The zero-order valence-corrected chi connectivity index (χ0v) is 16.5. The minimum atomic E-state index is -0.584. The van der Waals surface area contributed by atoms with Gasteiger partial charge in [-0.25, -0.2) is 0 Å². The highest BCUT2D eigenvalue weighted by atomic mass is 35.5. The number of aliphatic hydroxyl groups is 1. The fraction of sp³-hybridized carbons (Fsp3) is 0.368. The van der Waals surface area contributed by atoms with E-state index in [2.05, 4.69) is 15.9 Å². The Hall–Kier alpha value is -1.17. The van der Waals surface area contributed by atoms with Crippen molar-refractivity contribution in [2.75, 3.05) is 44.2 Å². The first-order valence-corrected chi connectivity index (χ1v) is 9.63. The molecule has 0 radical (unpaired) electrons. The van der Waals surface area contributed by atoms with Crippen LogP contribution in [0.25, 0.3) is 0 Å². The minimum Gasteiger partial charge on any atom is -0.489 e. The van der Waals surface area contributed by atoms with Crippen LogP contribution in [0.15, 0.2) is 42.5 Å². The topological polar surface area (TPSA) is 35.9 Å². The van der Waals surface area contributed by atoms with Crippen LogP contribution in [0.4, 0.5) is 5.69 Å². The molecule has 1 N–H and O–H groups in total. The van der Waals surface area contributed by atoms with Gasteiger partial charge in [-0.3, -0.25) is 4.90 Å². The van der Waals surface area contributed by atoms with E-state index in [1.165, 1.54) is 0 Å². The molecule has 1 heterocycles. The summed E-state index contributed by atoms with van der Waals surface area (Å²) in [6.45, 7) is 4.31. The number of β-amino-alcohol motifs (C(OH)–C–C–N with tert-alkyl or cyclic N) is 1. The van der Waals surface area contributed by atoms with Gasteiger partial charge in [-0.15, -0.1) is 0 Å². The second-order valence-corrected chi connectivity index (χ2v) is 7.59. The molecule has 0 amide bonds. The summed E-state index contributed by atoms with van der Waals surface area (Å²) in [6, 6.07) is 12.9. The largest absolute Gasteiger partial charge is 0.489 e. The van der Waals surface area contributed by atoms with Gasteiger partial charge in [0.25, 0.3) is 0 Å². The number of anilines is 1. The van der Waals surface area contributed by atoms with E-state index in [0.717, 1.165) is 36.9 Å². The lowest BCUT2D eigenvalue weighted by Gasteiger charge is -2.36. The number of benzene rings is 2. The van der Waals surface area contributed by atoms with Crippen LogP contribution in [0.1, 0.15) is 0 Å². The maximum absolute atomic E-state index is 10.3. The van der Waals surface area contributed by atoms with Gasteiger partial charge in [0.05, 0.1) is 5.02 Å². The van der Waals surface area contributed by atoms with Gasteiger partial charge in [-0.05, 0) is 36.4 Å². The molecule has 1 fully saturated rings. The second-order valence-electron chi connectivity index (χ2n) is 6.31. The average Bonchev–Trinajstić information content (AvgIpc) is 2.61. The normalized spacial score (nSPS) is 16.5. The van der Waals surface area contributed by atoms with Gasteiger partial charge in [-0.1, -0.05) is 40.9 Å². The van der Waals surface area contributed by atoms with E-state index in [1.807, 2.05) is 18.2 Å². The van der Waals surface area contributed by atoms with Crippen LogP contribution in [0.2, 0.25) is 15.1 Å². The monoisotopic (exact) mass is 414 g/mol. The van der Waals surface area contributed by atoms with Crippen molar-refractivity contribution in [1.82, 2.24) is 4.90 Å². The van der Waals surface area contributed by atoms with Crippen LogP contribution in [-0.4, -0.2) is 55.4 Å². The Bertz CT molecular complexity index is 736. The second kappa shape index (κ2) is 9.16. The zero-order valence-electron chi connectivity index (χ0n) is 14.2. The lowest BCUT2D eigenvalue weighted by molar-refractivity contribution is 0.0663. The van der Waals surface area contributed by atoms with Crippen molar-refractivity contribution in [1.29, 1.82) is 0 Å². The van der Waals surface area contributed by atoms with Crippen molar-refractivity contribution < 1.29 is 9.84 Å². The fourth-order valence-corrected chi connectivity index (χ4v) is 3.64. The highest BCUT2D eigenvalue weighted by molar-refractivity contribution is 6.35. The molecule has 1 atom stereocenters. The molecular formula is C19H21Cl3N2O2. The van der Waals surface area contributed by atoms with Crippen LogP contribution in [0.5, 0.6) is 5.75 Å². The van der Waals surface area contributed by atoms with Crippen molar-refractivity contribution in [3.05, 3.63) is 57.5 Å². The molecule has 140 valence electrons. The molecule has 1 saturated heterocycles. The van der Waals surface area contributed by atoms with E-state index in [0.29, 0.717) is 22.3 Å². The number of nitrogens with zero attached hydrogens (tertiary/aromatic N) is 2. The van der Waals surface area contributed by atoms with Crippen molar-refractivity contribution >= 4 is 40.5 Å². The Morgan fingerprint density at radius 2 is 1.69 bits per heavy atom. The SMILES string of the molecule is O[C@@H](COc1ccc(Cl)cc1Cl)CN1CCN(c2cccc(Cl)c2)CC1. The van der Waals surface area contributed by atoms with Gasteiger partial charge in [0.2, 0.25) is 0 Å². The molecule has 0 aliphatic carbocycles. The lowest BCUT2D eigenvalue weighted by atomic mass is 10.2. The molecule has 0 bridgehead atoms. The standard InChI is InChI=1S/C19H21Cl3N2O2/c20-14-2-1-3-16(10-14)24-8-6-23(7-9-24)12-17(25)13-26-19-5-4-15(21)11-18(19)22/h1-5,10-11,17,25H,6-9,12-13H2/t17-/m1/s1. The Balaban J connectivity index is 1.44. The maximum Gasteiger partial charge on any atom is 0.138 e. The number of hydrogen-bond acceptors (Lipinski definition) is 4. The number of piperazine rings is 1. The molecule has 0 saturated carbocycles. The van der Waals surface area contributed by atoms with Gasteiger partial charge in [0.1, 0.15) is 18.5 Å². The number of ether oxygens (including phenoxy) is 1. The summed E-state index contributed by atoms with van der Waals surface area (Å²) in [7, 11) is 0. The minimum absolute atomic E-state index is 0.190. The molecule has 0 unspecified atom stereocenters. The highest BCUT2D eigenvalue weighted by Crippen LogP contribution is 2.27. The molecule has 4 nitrogen and oxygen atoms in total. The molecule has 1 aliphatic rings. The van der Waals surface area contributed by atoms with Crippen molar-refractivity contribution in [2.45, 2.75) is 6.10 Å². The van der Waals surface area contributed by atoms with Crippen LogP contribution in [0.3, 0.4) is 0 Å². The van der Waals surface area contributed by atoms with E-state index in [1.54, 1.807) is 18.2 Å². The van der Waals surface area contributed by atoms with Crippen molar-refractivity contribution in [2.24, 2.45) is 0 Å². The predicted octanol–water partition coefficient (Wildman–Crippen LogP) is 4.21. The van der Waals surface area contributed by atoms with Crippen LogP contribution in [-0.2, 0) is 0 Å². The van der Waals surface area contributed by atoms with Crippen LogP contribution in [0, 0.1) is 0 Å². The van der Waals surface area contributed by atoms with E-state index in [9.17, 15) is 5.11 Å². The van der Waals surface area contributed by atoms with Crippen LogP contribution >= 0.6 is 34.8 Å². The Kier molecular flexibility index (Phi) is 6.90. The molecule has 3 rings (SSSR count). The van der Waals surface area contributed by atoms with E-state index in [-0.39, 0.29) is 6.61 Å². The summed E-state index contributed by atoms with van der Waals surface area (Å²) in [5, 5.41) is 12.0. The number of rotatable bonds is 6.